The van der Waals surface area contributed by atoms with Crippen molar-refractivity contribution in [3.8, 4) is 0 Å². The summed E-state index contributed by atoms with van der Waals surface area (Å²) in [5.41, 5.74) is 2.43. The van der Waals surface area contributed by atoms with E-state index in [4.69, 9.17) is 0 Å². The van der Waals surface area contributed by atoms with Gasteiger partial charge in [-0.3, -0.25) is 0 Å². The highest BCUT2D eigenvalue weighted by Gasteiger charge is 2.31. The first-order valence-electron chi connectivity index (χ1n) is 9.28. The minimum atomic E-state index is 0.0399. The molecule has 2 amide bonds. The van der Waals surface area contributed by atoms with Crippen LogP contribution in [-0.2, 0) is 6.42 Å². The van der Waals surface area contributed by atoms with E-state index in [9.17, 15) is 4.79 Å². The van der Waals surface area contributed by atoms with Gasteiger partial charge in [-0.2, -0.15) is 0 Å². The summed E-state index contributed by atoms with van der Waals surface area (Å²) in [6.07, 6.45) is 7.45. The molecular formula is C19H25N5O. The van der Waals surface area contributed by atoms with Crippen LogP contribution in [0.5, 0.6) is 0 Å². The van der Waals surface area contributed by atoms with Crippen LogP contribution in [0.15, 0.2) is 36.5 Å². The molecule has 6 heteroatoms. The topological polar surface area (TPSA) is 63.1 Å². The van der Waals surface area contributed by atoms with E-state index in [0.29, 0.717) is 12.5 Å². The van der Waals surface area contributed by atoms with Crippen LogP contribution in [0.2, 0.25) is 0 Å². The number of carbonyl (C=O) groups is 1. The Balaban J connectivity index is 1.20. The number of likely N-dealkylation sites (tertiary alicyclic amines) is 1. The summed E-state index contributed by atoms with van der Waals surface area (Å²) in [6, 6.07) is 10.7. The fraction of sp³-hybridized carbons (Fsp3) is 0.526. The molecule has 1 aromatic carbocycles. The van der Waals surface area contributed by atoms with Crippen LogP contribution in [0, 0.1) is 0 Å². The number of benzene rings is 1. The van der Waals surface area contributed by atoms with E-state index in [1.165, 1.54) is 18.4 Å². The number of nitrogens with one attached hydrogen (secondary N) is 1. The Kier molecular flexibility index (Phi) is 4.68. The third-order valence-corrected chi connectivity index (χ3v) is 5.11. The zero-order valence-corrected chi connectivity index (χ0v) is 14.5. The normalized spacial score (nSPS) is 20.0. The average molecular weight is 339 g/mol. The van der Waals surface area contributed by atoms with Crippen LogP contribution in [0.4, 0.5) is 4.79 Å². The zero-order chi connectivity index (χ0) is 17.1. The van der Waals surface area contributed by atoms with E-state index in [1.807, 2.05) is 15.6 Å². The van der Waals surface area contributed by atoms with Crippen LogP contribution in [0.1, 0.15) is 48.9 Å². The predicted molar refractivity (Wildman–Crippen MR) is 95.4 cm³/mol. The second-order valence-electron chi connectivity index (χ2n) is 7.11. The Bertz CT molecular complexity index is 710. The van der Waals surface area contributed by atoms with Crippen molar-refractivity contribution in [3.05, 3.63) is 47.8 Å². The summed E-state index contributed by atoms with van der Waals surface area (Å²) in [4.78, 5) is 14.2. The third-order valence-electron chi connectivity index (χ3n) is 5.11. The summed E-state index contributed by atoms with van der Waals surface area (Å²) in [5, 5.41) is 11.6. The maximum absolute atomic E-state index is 12.3. The number of aryl methyl sites for hydroxylation is 1. The second kappa shape index (κ2) is 7.25. The first-order valence-corrected chi connectivity index (χ1v) is 9.28. The largest absolute Gasteiger partial charge is 0.338 e. The van der Waals surface area contributed by atoms with Gasteiger partial charge >= 0.3 is 6.03 Å². The predicted octanol–water partition coefficient (Wildman–Crippen LogP) is 2.74. The standard InChI is InChI=1S/C19H25N5O/c25-19(20-11-4-7-15-5-2-1-3-6-15)23-12-10-17(13-23)24-14-18(21-22-24)16-8-9-16/h1-3,5-6,14,16-17H,4,7-13H2,(H,20,25). The van der Waals surface area contributed by atoms with Gasteiger partial charge in [0, 0.05) is 31.7 Å². The maximum atomic E-state index is 12.3. The molecule has 0 spiro atoms. The van der Waals surface area contributed by atoms with Crippen molar-refractivity contribution in [2.75, 3.05) is 19.6 Å². The number of carbonyl (C=O) groups excluding carboxylic acids is 1. The first-order chi connectivity index (χ1) is 12.3. The molecule has 6 nitrogen and oxygen atoms in total. The molecule has 1 aromatic heterocycles. The summed E-state index contributed by atoms with van der Waals surface area (Å²) >= 11 is 0. The van der Waals surface area contributed by atoms with Crippen LogP contribution in [0.25, 0.3) is 0 Å². The summed E-state index contributed by atoms with van der Waals surface area (Å²) in [5.74, 6) is 0.624. The quantitative estimate of drug-likeness (QED) is 0.823. The Hall–Kier alpha value is -2.37. The third kappa shape index (κ3) is 4.00. The van der Waals surface area contributed by atoms with Gasteiger partial charge in [-0.1, -0.05) is 35.5 Å². The van der Waals surface area contributed by atoms with Crippen molar-refractivity contribution >= 4 is 6.03 Å². The number of hydrogen-bond acceptors (Lipinski definition) is 3. The molecule has 2 aromatic rings. The molecule has 1 N–H and O–H groups in total. The average Bonchev–Trinajstić information content (AvgIpc) is 3.18. The number of aromatic nitrogens is 3. The van der Waals surface area contributed by atoms with Crippen LogP contribution in [0.3, 0.4) is 0 Å². The van der Waals surface area contributed by atoms with Gasteiger partial charge in [0.25, 0.3) is 0 Å². The number of amides is 2. The zero-order valence-electron chi connectivity index (χ0n) is 14.5. The van der Waals surface area contributed by atoms with Crippen molar-refractivity contribution in [2.45, 2.75) is 44.1 Å². The van der Waals surface area contributed by atoms with Crippen molar-refractivity contribution in [1.82, 2.24) is 25.2 Å². The number of nitrogens with zero attached hydrogens (tertiary/aromatic N) is 4. The highest BCUT2D eigenvalue weighted by atomic mass is 16.2. The second-order valence-corrected chi connectivity index (χ2v) is 7.11. The van der Waals surface area contributed by atoms with Gasteiger partial charge in [-0.15, -0.1) is 5.10 Å². The monoisotopic (exact) mass is 339 g/mol. The molecule has 2 aliphatic rings. The fourth-order valence-corrected chi connectivity index (χ4v) is 3.42. The van der Waals surface area contributed by atoms with Crippen LogP contribution < -0.4 is 5.32 Å². The van der Waals surface area contributed by atoms with E-state index < -0.39 is 0 Å². The Morgan fingerprint density at radius 2 is 2.04 bits per heavy atom. The lowest BCUT2D eigenvalue weighted by atomic mass is 10.1. The van der Waals surface area contributed by atoms with Gasteiger partial charge in [-0.05, 0) is 37.7 Å². The van der Waals surface area contributed by atoms with E-state index in [1.54, 1.807) is 0 Å². The summed E-state index contributed by atoms with van der Waals surface area (Å²) in [6.45, 7) is 2.22. The molecule has 1 atom stereocenters. The molecule has 1 aliphatic carbocycles. The van der Waals surface area contributed by atoms with Gasteiger partial charge in [0.15, 0.2) is 0 Å². The summed E-state index contributed by atoms with van der Waals surface area (Å²) in [7, 11) is 0. The lowest BCUT2D eigenvalue weighted by molar-refractivity contribution is 0.206. The molecule has 1 unspecified atom stereocenters. The van der Waals surface area contributed by atoms with Gasteiger partial charge in [0.2, 0.25) is 0 Å². The van der Waals surface area contributed by atoms with Gasteiger partial charge in [-0.25, -0.2) is 9.48 Å². The number of hydrogen-bond donors (Lipinski definition) is 1. The van der Waals surface area contributed by atoms with E-state index in [0.717, 1.165) is 38.0 Å². The smallest absolute Gasteiger partial charge is 0.317 e. The number of rotatable bonds is 6. The van der Waals surface area contributed by atoms with Gasteiger partial charge in [0.1, 0.15) is 0 Å². The highest BCUT2D eigenvalue weighted by Crippen LogP contribution is 2.39. The summed E-state index contributed by atoms with van der Waals surface area (Å²) < 4.78 is 1.95. The van der Waals surface area contributed by atoms with Gasteiger partial charge < -0.3 is 10.2 Å². The lowest BCUT2D eigenvalue weighted by Gasteiger charge is -2.17. The SMILES string of the molecule is O=C(NCCCc1ccccc1)N1CCC(n2cc(C3CC3)nn2)C1. The molecule has 1 aliphatic heterocycles. The minimum Gasteiger partial charge on any atom is -0.338 e. The highest BCUT2D eigenvalue weighted by molar-refractivity contribution is 5.74. The van der Waals surface area contributed by atoms with Crippen molar-refractivity contribution in [2.24, 2.45) is 0 Å². The molecule has 1 saturated heterocycles. The molecular weight excluding hydrogens is 314 g/mol. The molecule has 2 heterocycles. The van der Waals surface area contributed by atoms with Crippen LogP contribution in [-0.4, -0.2) is 45.6 Å². The molecule has 0 bridgehead atoms. The molecule has 4 rings (SSSR count). The lowest BCUT2D eigenvalue weighted by Crippen LogP contribution is -2.39. The van der Waals surface area contributed by atoms with E-state index in [-0.39, 0.29) is 12.1 Å². The number of urea groups is 1. The van der Waals surface area contributed by atoms with E-state index >= 15 is 0 Å². The van der Waals surface area contributed by atoms with Crippen LogP contribution >= 0.6 is 0 Å². The molecule has 132 valence electrons. The Morgan fingerprint density at radius 3 is 2.84 bits per heavy atom. The van der Waals surface area contributed by atoms with Crippen molar-refractivity contribution in [1.29, 1.82) is 0 Å². The minimum absolute atomic E-state index is 0.0399. The molecule has 2 fully saturated rings. The molecule has 1 saturated carbocycles. The van der Waals surface area contributed by atoms with Crippen molar-refractivity contribution in [3.63, 3.8) is 0 Å². The first kappa shape index (κ1) is 16.1. The van der Waals surface area contributed by atoms with Crippen molar-refractivity contribution < 1.29 is 4.79 Å². The van der Waals surface area contributed by atoms with E-state index in [2.05, 4.69) is 46.1 Å². The Morgan fingerprint density at radius 1 is 1.20 bits per heavy atom. The van der Waals surface area contributed by atoms with Gasteiger partial charge in [0.05, 0.1) is 11.7 Å². The molecule has 0 radical (unpaired) electrons. The fourth-order valence-electron chi connectivity index (χ4n) is 3.42. The Labute approximate surface area is 148 Å². The maximum Gasteiger partial charge on any atom is 0.317 e. The molecule has 25 heavy (non-hydrogen) atoms.